The van der Waals surface area contributed by atoms with E-state index in [9.17, 15) is 4.79 Å². The van der Waals surface area contributed by atoms with Crippen LogP contribution in [0.3, 0.4) is 0 Å². The van der Waals surface area contributed by atoms with Crippen molar-refractivity contribution in [3.8, 4) is 0 Å². The van der Waals surface area contributed by atoms with Gasteiger partial charge in [-0.3, -0.25) is 4.79 Å². The van der Waals surface area contributed by atoms with E-state index in [1.54, 1.807) is 0 Å². The Morgan fingerprint density at radius 3 is 2.44 bits per heavy atom. The molecule has 4 heteroatoms. The summed E-state index contributed by atoms with van der Waals surface area (Å²) < 4.78 is 0. The highest BCUT2D eigenvalue weighted by atomic mass is 16.2. The summed E-state index contributed by atoms with van der Waals surface area (Å²) in [6.07, 6.45) is 2.08. The van der Waals surface area contributed by atoms with Gasteiger partial charge in [0.05, 0.1) is 6.04 Å². The Bertz CT molecular complexity index is 298. The maximum atomic E-state index is 12.4. The molecule has 0 bridgehead atoms. The fraction of sp³-hybridized carbons (Fsp3) is 0.929. The molecule has 1 aliphatic rings. The van der Waals surface area contributed by atoms with Gasteiger partial charge in [-0.1, -0.05) is 20.8 Å². The van der Waals surface area contributed by atoms with Crippen LogP contribution in [0, 0.1) is 5.41 Å². The van der Waals surface area contributed by atoms with Crippen LogP contribution in [0.5, 0.6) is 0 Å². The van der Waals surface area contributed by atoms with E-state index < -0.39 is 6.04 Å². The Hall–Kier alpha value is -0.610. The van der Waals surface area contributed by atoms with Gasteiger partial charge >= 0.3 is 0 Å². The summed E-state index contributed by atoms with van der Waals surface area (Å²) in [7, 11) is 4.04. The van der Waals surface area contributed by atoms with Crippen LogP contribution in [0.25, 0.3) is 0 Å². The summed E-state index contributed by atoms with van der Waals surface area (Å²) in [6, 6.07) is 0.444. The van der Waals surface area contributed by atoms with Crippen molar-refractivity contribution < 1.29 is 4.79 Å². The highest BCUT2D eigenvalue weighted by Gasteiger charge is 2.34. The molecule has 0 aromatic rings. The number of likely N-dealkylation sites (tertiary alicyclic amines) is 1. The maximum absolute atomic E-state index is 12.4. The first kappa shape index (κ1) is 15.4. The van der Waals surface area contributed by atoms with Gasteiger partial charge in [0, 0.05) is 25.7 Å². The van der Waals surface area contributed by atoms with Gasteiger partial charge in [0.25, 0.3) is 0 Å². The predicted molar refractivity (Wildman–Crippen MR) is 75.3 cm³/mol. The fourth-order valence-electron chi connectivity index (χ4n) is 2.39. The van der Waals surface area contributed by atoms with Gasteiger partial charge in [0.1, 0.15) is 0 Å². The lowest BCUT2D eigenvalue weighted by Crippen LogP contribution is -2.55. The van der Waals surface area contributed by atoms with Crippen molar-refractivity contribution in [3.63, 3.8) is 0 Å². The highest BCUT2D eigenvalue weighted by Crippen LogP contribution is 2.23. The summed E-state index contributed by atoms with van der Waals surface area (Å²) in [6.45, 7) is 9.31. The van der Waals surface area contributed by atoms with Crippen molar-refractivity contribution >= 4 is 5.91 Å². The molecule has 18 heavy (non-hydrogen) atoms. The molecule has 1 fully saturated rings. The molecule has 0 radical (unpaired) electrons. The minimum atomic E-state index is -0.419. The molecule has 1 heterocycles. The summed E-state index contributed by atoms with van der Waals surface area (Å²) in [5, 5.41) is 0. The number of hydrogen-bond acceptors (Lipinski definition) is 3. The van der Waals surface area contributed by atoms with Crippen molar-refractivity contribution in [1.82, 2.24) is 9.80 Å². The molecule has 3 atom stereocenters. The Balaban J connectivity index is 2.65. The van der Waals surface area contributed by atoms with E-state index in [-0.39, 0.29) is 11.3 Å². The lowest BCUT2D eigenvalue weighted by Gasteiger charge is -2.41. The molecule has 106 valence electrons. The summed E-state index contributed by atoms with van der Waals surface area (Å²) in [4.78, 5) is 16.6. The Morgan fingerprint density at radius 1 is 1.44 bits per heavy atom. The number of rotatable bonds is 2. The van der Waals surface area contributed by atoms with Crippen LogP contribution in [0.15, 0.2) is 0 Å². The van der Waals surface area contributed by atoms with Crippen molar-refractivity contribution in [2.45, 2.75) is 58.7 Å². The average Bonchev–Trinajstić information content (AvgIpc) is 2.28. The van der Waals surface area contributed by atoms with Crippen molar-refractivity contribution in [2.24, 2.45) is 11.1 Å². The molecule has 0 aliphatic carbocycles. The molecule has 0 aromatic heterocycles. The Labute approximate surface area is 111 Å². The minimum Gasteiger partial charge on any atom is -0.341 e. The van der Waals surface area contributed by atoms with Crippen LogP contribution in [0.2, 0.25) is 0 Å². The quantitative estimate of drug-likeness (QED) is 0.809. The number of likely N-dealkylation sites (N-methyl/N-ethyl adjacent to an activating group) is 1. The molecule has 0 aromatic carbocycles. The van der Waals surface area contributed by atoms with Gasteiger partial charge < -0.3 is 15.5 Å². The van der Waals surface area contributed by atoms with E-state index in [1.165, 1.54) is 0 Å². The van der Waals surface area contributed by atoms with E-state index in [0.29, 0.717) is 12.1 Å². The first-order valence-corrected chi connectivity index (χ1v) is 6.87. The van der Waals surface area contributed by atoms with Crippen LogP contribution in [-0.2, 0) is 4.79 Å². The van der Waals surface area contributed by atoms with E-state index in [4.69, 9.17) is 5.73 Å². The van der Waals surface area contributed by atoms with Crippen molar-refractivity contribution in [3.05, 3.63) is 0 Å². The zero-order valence-corrected chi connectivity index (χ0v) is 12.7. The largest absolute Gasteiger partial charge is 0.341 e. The van der Waals surface area contributed by atoms with E-state index in [0.717, 1.165) is 19.4 Å². The van der Waals surface area contributed by atoms with Crippen LogP contribution in [0.4, 0.5) is 0 Å². The standard InChI is InChI=1S/C14H29N3O/c1-10-9-11(7-8-16(10)5)17(6)13(18)12(15)14(2,3)4/h10-12H,7-9,15H2,1-6H3/t10-,11-,12+/m0/s1. The van der Waals surface area contributed by atoms with E-state index in [1.807, 2.05) is 32.7 Å². The number of nitrogens with two attached hydrogens (primary N) is 1. The second kappa shape index (κ2) is 5.57. The molecule has 0 unspecified atom stereocenters. The van der Waals surface area contributed by atoms with Gasteiger partial charge in [0.15, 0.2) is 0 Å². The minimum absolute atomic E-state index is 0.0734. The van der Waals surface area contributed by atoms with Crippen LogP contribution >= 0.6 is 0 Å². The van der Waals surface area contributed by atoms with Crippen LogP contribution in [0.1, 0.15) is 40.5 Å². The van der Waals surface area contributed by atoms with Crippen molar-refractivity contribution in [1.29, 1.82) is 0 Å². The lowest BCUT2D eigenvalue weighted by molar-refractivity contribution is -0.136. The number of nitrogens with zero attached hydrogens (tertiary/aromatic N) is 2. The van der Waals surface area contributed by atoms with Gasteiger partial charge in [-0.05, 0) is 32.2 Å². The third-order valence-corrected chi connectivity index (χ3v) is 4.28. The second-order valence-corrected chi connectivity index (χ2v) is 6.80. The number of piperidine rings is 1. The third-order valence-electron chi connectivity index (χ3n) is 4.28. The Kier molecular flexibility index (Phi) is 4.78. The number of carbonyl (C=O) groups excluding carboxylic acids is 1. The maximum Gasteiger partial charge on any atom is 0.240 e. The normalized spacial score (nSPS) is 27.9. The smallest absolute Gasteiger partial charge is 0.240 e. The van der Waals surface area contributed by atoms with Crippen LogP contribution in [-0.4, -0.2) is 54.5 Å². The van der Waals surface area contributed by atoms with Gasteiger partial charge in [0.2, 0.25) is 5.91 Å². The Morgan fingerprint density at radius 2 is 2.00 bits per heavy atom. The summed E-state index contributed by atoms with van der Waals surface area (Å²) in [5.41, 5.74) is 5.88. The number of hydrogen-bond donors (Lipinski definition) is 1. The average molecular weight is 255 g/mol. The number of amides is 1. The molecular weight excluding hydrogens is 226 g/mol. The molecule has 1 saturated heterocycles. The third kappa shape index (κ3) is 3.45. The molecule has 1 aliphatic heterocycles. The van der Waals surface area contributed by atoms with Crippen LogP contribution < -0.4 is 5.73 Å². The molecule has 1 amide bonds. The van der Waals surface area contributed by atoms with Gasteiger partial charge in [-0.15, -0.1) is 0 Å². The number of carbonyl (C=O) groups is 1. The molecule has 0 saturated carbocycles. The SMILES string of the molecule is C[C@H]1C[C@@H](N(C)C(=O)[C@@H](N)C(C)(C)C)CCN1C. The van der Waals surface area contributed by atoms with E-state index in [2.05, 4.69) is 18.9 Å². The highest BCUT2D eigenvalue weighted by molar-refractivity contribution is 5.82. The van der Waals surface area contributed by atoms with Crippen molar-refractivity contribution in [2.75, 3.05) is 20.6 Å². The molecule has 1 rings (SSSR count). The molecular formula is C14H29N3O. The lowest BCUT2D eigenvalue weighted by atomic mass is 9.86. The first-order chi connectivity index (χ1) is 8.14. The van der Waals surface area contributed by atoms with Gasteiger partial charge in [-0.2, -0.15) is 0 Å². The zero-order valence-electron chi connectivity index (χ0n) is 12.7. The van der Waals surface area contributed by atoms with E-state index >= 15 is 0 Å². The second-order valence-electron chi connectivity index (χ2n) is 6.80. The molecule has 2 N–H and O–H groups in total. The summed E-state index contributed by atoms with van der Waals surface area (Å²) >= 11 is 0. The zero-order chi connectivity index (χ0) is 14.1. The van der Waals surface area contributed by atoms with Gasteiger partial charge in [-0.25, -0.2) is 0 Å². The topological polar surface area (TPSA) is 49.6 Å². The fourth-order valence-corrected chi connectivity index (χ4v) is 2.39. The first-order valence-electron chi connectivity index (χ1n) is 6.87. The molecule has 4 nitrogen and oxygen atoms in total. The summed E-state index contributed by atoms with van der Waals surface area (Å²) in [5.74, 6) is 0.0734. The predicted octanol–water partition coefficient (Wildman–Crippen LogP) is 1.30. The molecule has 0 spiro atoms. The monoisotopic (exact) mass is 255 g/mol.